The van der Waals surface area contributed by atoms with Crippen LogP contribution in [0.15, 0.2) is 12.7 Å². The number of hydrogen-bond acceptors (Lipinski definition) is 7. The van der Waals surface area contributed by atoms with Gasteiger partial charge in [0.25, 0.3) is 0 Å². The summed E-state index contributed by atoms with van der Waals surface area (Å²) in [6.45, 7) is 11.0. The summed E-state index contributed by atoms with van der Waals surface area (Å²) in [4.78, 5) is 12.6. The van der Waals surface area contributed by atoms with E-state index in [0.717, 1.165) is 0 Å². The van der Waals surface area contributed by atoms with Crippen molar-refractivity contribution >= 4 is 47.9 Å². The first-order valence-electron chi connectivity index (χ1n) is 9.00. The molecule has 0 aliphatic carbocycles. The first-order chi connectivity index (χ1) is 12.5. The summed E-state index contributed by atoms with van der Waals surface area (Å²) in [5.41, 5.74) is 6.33. The number of aromatic nitrogens is 4. The number of halogens is 1. The number of ether oxygens (including phenoxy) is 1. The Balaban J connectivity index is 1.95. The average molecular weight is 505 g/mol. The first-order valence-corrected chi connectivity index (χ1v) is 13.4. The lowest BCUT2D eigenvalue weighted by atomic mass is 10.0. The van der Waals surface area contributed by atoms with Gasteiger partial charge in [0.15, 0.2) is 19.8 Å². The molecule has 150 valence electrons. The number of rotatable bonds is 5. The maximum Gasteiger partial charge on any atom is 0.192 e. The number of nitrogen functional groups attached to an aromatic ring is 1. The third-order valence-electron chi connectivity index (χ3n) is 5.81. The Morgan fingerprint density at radius 1 is 1.41 bits per heavy atom. The van der Waals surface area contributed by atoms with Crippen molar-refractivity contribution in [1.82, 2.24) is 19.5 Å². The van der Waals surface area contributed by atoms with Crippen LogP contribution in [0, 0.1) is 0 Å². The Kier molecular flexibility index (Phi) is 5.58. The van der Waals surface area contributed by atoms with E-state index in [4.69, 9.17) is 14.9 Å². The molecule has 3 N–H and O–H groups in total. The van der Waals surface area contributed by atoms with E-state index in [1.165, 1.54) is 6.33 Å². The summed E-state index contributed by atoms with van der Waals surface area (Å²) in [6, 6.07) is 0. The number of nitrogens with zero attached hydrogens (tertiary/aromatic N) is 4. The summed E-state index contributed by atoms with van der Waals surface area (Å²) >= 11 is 2.26. The van der Waals surface area contributed by atoms with E-state index in [9.17, 15) is 5.11 Å². The van der Waals surface area contributed by atoms with Crippen molar-refractivity contribution in [2.24, 2.45) is 0 Å². The first kappa shape index (κ1) is 20.9. The fraction of sp³-hybridized carbons (Fsp3) is 0.706. The molecule has 2 aromatic heterocycles. The van der Waals surface area contributed by atoms with Crippen LogP contribution in [-0.2, 0) is 9.16 Å². The van der Waals surface area contributed by atoms with Gasteiger partial charge in [0.1, 0.15) is 23.7 Å². The van der Waals surface area contributed by atoms with Gasteiger partial charge >= 0.3 is 0 Å². The molecule has 8 nitrogen and oxygen atoms in total. The second-order valence-corrected chi connectivity index (χ2v) is 14.1. The van der Waals surface area contributed by atoms with Gasteiger partial charge in [-0.25, -0.2) is 15.0 Å². The lowest BCUT2D eigenvalue weighted by Gasteiger charge is -2.42. The molecule has 1 unspecified atom stereocenters. The van der Waals surface area contributed by atoms with Crippen LogP contribution in [0.1, 0.15) is 33.4 Å². The van der Waals surface area contributed by atoms with E-state index in [-0.39, 0.29) is 24.0 Å². The maximum atomic E-state index is 10.2. The Morgan fingerprint density at radius 2 is 2.11 bits per heavy atom. The number of fused-ring (bicyclic) bond motifs is 1. The molecule has 0 spiro atoms. The third-order valence-corrected chi connectivity index (χ3v) is 11.6. The largest absolute Gasteiger partial charge is 0.411 e. The molecule has 0 saturated carbocycles. The summed E-state index contributed by atoms with van der Waals surface area (Å²) in [5, 5.41) is 10.3. The SMILES string of the molecule is CC(C)(C)[Si](C)(C)OC1C[C@H](n2cnc3c(N)ncnc32)O[C@@]1(CO)CI. The minimum absolute atomic E-state index is 0.0704. The van der Waals surface area contributed by atoms with Gasteiger partial charge in [0.05, 0.1) is 19.0 Å². The predicted octanol–water partition coefficient (Wildman–Crippen LogP) is 2.88. The maximum absolute atomic E-state index is 10.2. The fourth-order valence-corrected chi connectivity index (χ4v) is 5.32. The smallest absolute Gasteiger partial charge is 0.192 e. The lowest BCUT2D eigenvalue weighted by molar-refractivity contribution is -0.107. The number of nitrogens with two attached hydrogens (primary N) is 1. The molecule has 0 radical (unpaired) electrons. The molecule has 3 atom stereocenters. The summed E-state index contributed by atoms with van der Waals surface area (Å²) in [5.74, 6) is 0.341. The molecule has 3 heterocycles. The van der Waals surface area contributed by atoms with Crippen molar-refractivity contribution in [3.05, 3.63) is 12.7 Å². The topological polar surface area (TPSA) is 108 Å². The van der Waals surface area contributed by atoms with Crippen molar-refractivity contribution in [1.29, 1.82) is 0 Å². The van der Waals surface area contributed by atoms with Crippen LogP contribution < -0.4 is 5.73 Å². The van der Waals surface area contributed by atoms with Crippen molar-refractivity contribution in [3.63, 3.8) is 0 Å². The van der Waals surface area contributed by atoms with Crippen molar-refractivity contribution < 1.29 is 14.3 Å². The third kappa shape index (κ3) is 3.61. The van der Waals surface area contributed by atoms with E-state index >= 15 is 0 Å². The van der Waals surface area contributed by atoms with Crippen LogP contribution in [0.4, 0.5) is 5.82 Å². The highest BCUT2D eigenvalue weighted by Gasteiger charge is 2.53. The van der Waals surface area contributed by atoms with Crippen LogP contribution in [0.3, 0.4) is 0 Å². The van der Waals surface area contributed by atoms with E-state index in [0.29, 0.717) is 27.8 Å². The molecular weight excluding hydrogens is 477 g/mol. The molecule has 1 aliphatic rings. The van der Waals surface area contributed by atoms with E-state index < -0.39 is 13.9 Å². The quantitative estimate of drug-likeness (QED) is 0.366. The minimum atomic E-state index is -2.03. The highest BCUT2D eigenvalue weighted by Crippen LogP contribution is 2.45. The Morgan fingerprint density at radius 3 is 2.70 bits per heavy atom. The Bertz CT molecular complexity index is 818. The molecule has 10 heteroatoms. The molecule has 2 aromatic rings. The van der Waals surface area contributed by atoms with Crippen LogP contribution in [0.25, 0.3) is 11.2 Å². The number of hydrogen-bond donors (Lipinski definition) is 2. The molecule has 0 amide bonds. The number of imidazole rings is 1. The Labute approximate surface area is 174 Å². The van der Waals surface area contributed by atoms with Crippen molar-refractivity contribution in [3.8, 4) is 0 Å². The van der Waals surface area contributed by atoms with Gasteiger partial charge in [0.2, 0.25) is 0 Å². The second-order valence-electron chi connectivity index (χ2n) is 8.61. The average Bonchev–Trinajstić information content (AvgIpc) is 3.16. The molecule has 1 saturated heterocycles. The zero-order valence-electron chi connectivity index (χ0n) is 16.4. The summed E-state index contributed by atoms with van der Waals surface area (Å²) < 4.78 is 15.5. The second kappa shape index (κ2) is 7.21. The minimum Gasteiger partial charge on any atom is -0.411 e. The van der Waals surface area contributed by atoms with Gasteiger partial charge in [-0.15, -0.1) is 0 Å². The summed E-state index contributed by atoms with van der Waals surface area (Å²) in [6.07, 6.45) is 3.17. The standard InChI is InChI=1S/C17H28IN5O3Si/c1-16(2,3)27(4,5)26-11-6-12(25-17(11,7-18)8-24)23-10-22-13-14(19)20-9-21-15(13)23/h9-12,24H,6-8H2,1-5H3,(H2,19,20,21)/t11?,12-,17-/m1/s1. The normalized spacial score (nSPS) is 26.8. The lowest BCUT2D eigenvalue weighted by Crippen LogP contribution is -2.53. The monoisotopic (exact) mass is 505 g/mol. The van der Waals surface area contributed by atoms with Crippen LogP contribution in [0.5, 0.6) is 0 Å². The number of aliphatic hydroxyl groups is 1. The van der Waals surface area contributed by atoms with Gasteiger partial charge in [-0.2, -0.15) is 0 Å². The van der Waals surface area contributed by atoms with E-state index in [1.807, 2.05) is 4.57 Å². The molecule has 0 aromatic carbocycles. The number of alkyl halides is 1. The van der Waals surface area contributed by atoms with Crippen LogP contribution in [-0.4, -0.2) is 55.7 Å². The molecule has 27 heavy (non-hydrogen) atoms. The fourth-order valence-electron chi connectivity index (χ4n) is 3.03. The van der Waals surface area contributed by atoms with Crippen LogP contribution in [0.2, 0.25) is 18.1 Å². The molecule has 3 rings (SSSR count). The predicted molar refractivity (Wildman–Crippen MR) is 115 cm³/mol. The summed E-state index contributed by atoms with van der Waals surface area (Å²) in [7, 11) is -2.03. The van der Waals surface area contributed by atoms with Crippen molar-refractivity contribution in [2.75, 3.05) is 16.8 Å². The van der Waals surface area contributed by atoms with E-state index in [2.05, 4.69) is 71.4 Å². The number of anilines is 1. The Hall–Kier alpha value is -0.823. The number of aliphatic hydroxyl groups excluding tert-OH is 1. The van der Waals surface area contributed by atoms with Gasteiger partial charge < -0.3 is 20.0 Å². The van der Waals surface area contributed by atoms with Gasteiger partial charge in [-0.3, -0.25) is 4.57 Å². The molecule has 1 aliphatic heterocycles. The highest BCUT2D eigenvalue weighted by atomic mass is 127. The molecule has 1 fully saturated rings. The van der Waals surface area contributed by atoms with Crippen molar-refractivity contribution in [2.45, 2.75) is 63.3 Å². The molecule has 0 bridgehead atoms. The zero-order valence-corrected chi connectivity index (χ0v) is 19.6. The zero-order chi connectivity index (χ0) is 20.0. The molecular formula is C17H28IN5O3Si. The van der Waals surface area contributed by atoms with Gasteiger partial charge in [-0.1, -0.05) is 43.4 Å². The van der Waals surface area contributed by atoms with Gasteiger partial charge in [0, 0.05) is 10.8 Å². The van der Waals surface area contributed by atoms with E-state index in [1.54, 1.807) is 6.33 Å². The van der Waals surface area contributed by atoms with Gasteiger partial charge in [-0.05, 0) is 18.1 Å². The van der Waals surface area contributed by atoms with Crippen LogP contribution >= 0.6 is 22.6 Å². The highest BCUT2D eigenvalue weighted by molar-refractivity contribution is 14.1.